The number of carbonyl (C=O) groups excluding carboxylic acids is 1. The number of hydrogen-bond donors (Lipinski definition) is 1. The molecular weight excluding hydrogens is 482 g/mol. The van der Waals surface area contributed by atoms with Crippen LogP contribution in [0, 0.1) is 0 Å². The molecule has 4 aromatic rings. The first-order valence-corrected chi connectivity index (χ1v) is 12.8. The standard InChI is InChI=1S/C28H25N7O3/c36-23-12-18-8-4-5-9-22(18)24(17-6-2-1-3-7-17)31-25(23)32-28-34-33-26(38-28)19-13-29-27(30-14-19)35-15-20-10-11-21(16-35)37-20/h1-9,13-14,20-21,25H,10-12,15-16H2,(H,32,34)/t20?,21?,25-/m1/s1. The number of fused-ring (bicyclic) bond motifs is 3. The molecule has 0 aliphatic carbocycles. The number of aromatic nitrogens is 4. The fourth-order valence-corrected chi connectivity index (χ4v) is 5.29. The summed E-state index contributed by atoms with van der Waals surface area (Å²) in [7, 11) is 0. The average Bonchev–Trinajstić information content (AvgIpc) is 3.53. The van der Waals surface area contributed by atoms with Crippen molar-refractivity contribution in [3.8, 4) is 11.5 Å². The number of carbonyl (C=O) groups is 1. The van der Waals surface area contributed by atoms with Gasteiger partial charge in [-0.2, -0.15) is 0 Å². The second-order valence-electron chi connectivity index (χ2n) is 9.74. The lowest BCUT2D eigenvalue weighted by Gasteiger charge is -2.31. The fraction of sp³-hybridized carbons (Fsp3) is 0.286. The minimum atomic E-state index is -0.874. The zero-order valence-electron chi connectivity index (χ0n) is 20.5. The monoisotopic (exact) mass is 507 g/mol. The van der Waals surface area contributed by atoms with E-state index in [2.05, 4.69) is 30.4 Å². The molecule has 2 saturated heterocycles. The van der Waals surface area contributed by atoms with Gasteiger partial charge in [0.05, 0.1) is 23.5 Å². The third kappa shape index (κ3) is 4.32. The maximum Gasteiger partial charge on any atom is 0.317 e. The molecule has 0 spiro atoms. The Kier molecular flexibility index (Phi) is 5.66. The van der Waals surface area contributed by atoms with Crippen LogP contribution in [0.1, 0.15) is 29.5 Å². The molecule has 7 rings (SSSR count). The molecular formula is C28H25N7O3. The summed E-state index contributed by atoms with van der Waals surface area (Å²) < 4.78 is 11.7. The molecule has 3 aliphatic rings. The van der Waals surface area contributed by atoms with E-state index >= 15 is 0 Å². The molecule has 190 valence electrons. The van der Waals surface area contributed by atoms with Crippen molar-refractivity contribution in [3.63, 3.8) is 0 Å². The van der Waals surface area contributed by atoms with Crippen molar-refractivity contribution >= 4 is 23.5 Å². The number of ketones is 1. The highest BCUT2D eigenvalue weighted by Gasteiger charge is 2.34. The zero-order valence-corrected chi connectivity index (χ0v) is 20.5. The molecule has 0 radical (unpaired) electrons. The molecule has 0 amide bonds. The van der Waals surface area contributed by atoms with Crippen LogP contribution in [0.25, 0.3) is 11.5 Å². The van der Waals surface area contributed by atoms with E-state index in [1.165, 1.54) is 0 Å². The Morgan fingerprint density at radius 3 is 2.39 bits per heavy atom. The summed E-state index contributed by atoms with van der Waals surface area (Å²) in [5, 5.41) is 11.3. The first-order chi connectivity index (χ1) is 18.7. The van der Waals surface area contributed by atoms with Gasteiger partial charge in [0.1, 0.15) is 0 Å². The second-order valence-corrected chi connectivity index (χ2v) is 9.74. The molecule has 3 aliphatic heterocycles. The van der Waals surface area contributed by atoms with Crippen LogP contribution in [-0.2, 0) is 16.0 Å². The summed E-state index contributed by atoms with van der Waals surface area (Å²) in [5.41, 5.74) is 4.14. The van der Waals surface area contributed by atoms with Gasteiger partial charge >= 0.3 is 6.01 Å². The highest BCUT2D eigenvalue weighted by molar-refractivity contribution is 6.16. The number of hydrogen-bond acceptors (Lipinski definition) is 10. The number of benzene rings is 2. The molecule has 38 heavy (non-hydrogen) atoms. The third-order valence-electron chi connectivity index (χ3n) is 7.14. The highest BCUT2D eigenvalue weighted by Crippen LogP contribution is 2.29. The number of Topliss-reactive ketones (excluding diaryl/α,β-unsaturated/α-hetero) is 1. The molecule has 1 N–H and O–H groups in total. The molecule has 2 fully saturated rings. The molecule has 2 bridgehead atoms. The SMILES string of the molecule is O=C1Cc2ccccc2C(c2ccccc2)=N[C@@H]1Nc1nnc(-c2cnc(N3CC4CCC(C3)O4)nc2)o1. The smallest absolute Gasteiger partial charge is 0.317 e. The number of nitrogens with zero attached hydrogens (tertiary/aromatic N) is 6. The van der Waals surface area contributed by atoms with Crippen LogP contribution < -0.4 is 10.2 Å². The van der Waals surface area contributed by atoms with Gasteiger partial charge < -0.3 is 19.4 Å². The van der Waals surface area contributed by atoms with E-state index in [4.69, 9.17) is 14.1 Å². The molecule has 10 nitrogen and oxygen atoms in total. The quantitative estimate of drug-likeness (QED) is 0.434. The van der Waals surface area contributed by atoms with Crippen molar-refractivity contribution in [2.45, 2.75) is 37.6 Å². The van der Waals surface area contributed by atoms with Gasteiger partial charge in [0.15, 0.2) is 11.9 Å². The number of rotatable bonds is 5. The van der Waals surface area contributed by atoms with E-state index in [-0.39, 0.29) is 36.3 Å². The van der Waals surface area contributed by atoms with Crippen LogP contribution in [0.3, 0.4) is 0 Å². The van der Waals surface area contributed by atoms with E-state index in [0.29, 0.717) is 11.5 Å². The van der Waals surface area contributed by atoms with Crippen LogP contribution in [0.4, 0.5) is 12.0 Å². The molecule has 2 aromatic carbocycles. The summed E-state index contributed by atoms with van der Waals surface area (Å²) in [6.45, 7) is 1.60. The molecule has 3 atom stereocenters. The lowest BCUT2D eigenvalue weighted by molar-refractivity contribution is -0.119. The van der Waals surface area contributed by atoms with Crippen molar-refractivity contribution in [1.82, 2.24) is 20.2 Å². The lowest BCUT2D eigenvalue weighted by Crippen LogP contribution is -2.43. The van der Waals surface area contributed by atoms with Crippen LogP contribution in [-0.4, -0.2) is 63.1 Å². The number of ether oxygens (including phenoxy) is 1. The Labute approximate surface area is 218 Å². The number of anilines is 2. The number of aliphatic imine (C=N–C) groups is 1. The Morgan fingerprint density at radius 1 is 0.868 bits per heavy atom. The van der Waals surface area contributed by atoms with E-state index in [1.54, 1.807) is 12.4 Å². The second kappa shape index (κ2) is 9.46. The maximum absolute atomic E-state index is 13.2. The number of morpholine rings is 1. The van der Waals surface area contributed by atoms with Gasteiger partial charge in [-0.1, -0.05) is 59.7 Å². The summed E-state index contributed by atoms with van der Waals surface area (Å²) in [5.74, 6) is 0.839. The van der Waals surface area contributed by atoms with Gasteiger partial charge in [0, 0.05) is 43.0 Å². The van der Waals surface area contributed by atoms with Gasteiger partial charge in [0.25, 0.3) is 5.89 Å². The van der Waals surface area contributed by atoms with Crippen molar-refractivity contribution in [1.29, 1.82) is 0 Å². The van der Waals surface area contributed by atoms with E-state index in [9.17, 15) is 4.79 Å². The van der Waals surface area contributed by atoms with Gasteiger partial charge in [-0.25, -0.2) is 9.97 Å². The van der Waals surface area contributed by atoms with Gasteiger partial charge in [-0.15, -0.1) is 5.10 Å². The summed E-state index contributed by atoms with van der Waals surface area (Å²) >= 11 is 0. The van der Waals surface area contributed by atoms with Crippen LogP contribution in [0.5, 0.6) is 0 Å². The average molecular weight is 508 g/mol. The molecule has 2 aromatic heterocycles. The Balaban J connectivity index is 1.12. The fourth-order valence-electron chi connectivity index (χ4n) is 5.29. The minimum Gasteiger partial charge on any atom is -0.403 e. The maximum atomic E-state index is 13.2. The van der Waals surface area contributed by atoms with Crippen molar-refractivity contribution in [3.05, 3.63) is 83.7 Å². The summed E-state index contributed by atoms with van der Waals surface area (Å²) in [6, 6.07) is 17.8. The number of nitrogens with one attached hydrogen (secondary N) is 1. The normalized spacial score (nSPS) is 22.5. The van der Waals surface area contributed by atoms with Gasteiger partial charge in [0.2, 0.25) is 5.95 Å². The molecule has 0 saturated carbocycles. The molecule has 5 heterocycles. The topological polar surface area (TPSA) is 119 Å². The highest BCUT2D eigenvalue weighted by atomic mass is 16.5. The lowest BCUT2D eigenvalue weighted by atomic mass is 9.96. The Bertz CT molecular complexity index is 1490. The van der Waals surface area contributed by atoms with Crippen molar-refractivity contribution in [2.24, 2.45) is 4.99 Å². The van der Waals surface area contributed by atoms with Crippen LogP contribution in [0.15, 0.2) is 76.4 Å². The van der Waals surface area contributed by atoms with E-state index < -0.39 is 6.17 Å². The predicted octanol–water partition coefficient (Wildman–Crippen LogP) is 3.30. The Hall–Kier alpha value is -4.44. The molecule has 2 unspecified atom stereocenters. The first kappa shape index (κ1) is 22.7. The first-order valence-electron chi connectivity index (χ1n) is 12.8. The van der Waals surface area contributed by atoms with Crippen molar-refractivity contribution < 1.29 is 13.9 Å². The van der Waals surface area contributed by atoms with Crippen molar-refractivity contribution in [2.75, 3.05) is 23.3 Å². The third-order valence-corrected chi connectivity index (χ3v) is 7.14. The zero-order chi connectivity index (χ0) is 25.5. The summed E-state index contributed by atoms with van der Waals surface area (Å²) in [4.78, 5) is 29.2. The van der Waals surface area contributed by atoms with Gasteiger partial charge in [-0.3, -0.25) is 9.79 Å². The van der Waals surface area contributed by atoms with E-state index in [0.717, 1.165) is 48.3 Å². The minimum absolute atomic E-state index is 0.0877. The van der Waals surface area contributed by atoms with Crippen LogP contribution in [0.2, 0.25) is 0 Å². The summed E-state index contributed by atoms with van der Waals surface area (Å²) in [6.07, 6.45) is 5.41. The van der Waals surface area contributed by atoms with Gasteiger partial charge in [-0.05, 0) is 18.4 Å². The van der Waals surface area contributed by atoms with Crippen LogP contribution >= 0.6 is 0 Å². The predicted molar refractivity (Wildman–Crippen MR) is 140 cm³/mol. The van der Waals surface area contributed by atoms with E-state index in [1.807, 2.05) is 54.6 Å². The molecule has 10 heteroatoms. The Morgan fingerprint density at radius 2 is 1.61 bits per heavy atom. The largest absolute Gasteiger partial charge is 0.403 e.